The maximum atomic E-state index is 12.7. The van der Waals surface area contributed by atoms with Crippen molar-refractivity contribution in [3.05, 3.63) is 61.9 Å². The normalized spacial score (nSPS) is 11.8. The highest BCUT2D eigenvalue weighted by Crippen LogP contribution is 2.29. The molecular weight excluding hydrogens is 470 g/mol. The molecule has 0 aliphatic carbocycles. The van der Waals surface area contributed by atoms with Gasteiger partial charge in [0.2, 0.25) is 9.84 Å². The lowest BCUT2D eigenvalue weighted by Crippen LogP contribution is -2.04. The van der Waals surface area contributed by atoms with Gasteiger partial charge in [0.15, 0.2) is 0 Å². The predicted octanol–water partition coefficient (Wildman–Crippen LogP) is 5.34. The summed E-state index contributed by atoms with van der Waals surface area (Å²) in [5, 5.41) is 9.42. The monoisotopic (exact) mass is 483 g/mol. The second kappa shape index (κ2) is 8.65. The standard InChI is InChI=1S/C18H15Br2NO3S/c1-2-9-24-18-8-5-15(20)10-13(18)11-17(12-21)25(22,23)16-6-3-14(19)4-7-16/h3-8,10-11H,2,9H2,1H3/b17-11-. The van der Waals surface area contributed by atoms with Crippen LogP contribution in [0.1, 0.15) is 18.9 Å². The fourth-order valence-electron chi connectivity index (χ4n) is 2.03. The van der Waals surface area contributed by atoms with Crippen LogP contribution >= 0.6 is 31.9 Å². The van der Waals surface area contributed by atoms with Gasteiger partial charge in [-0.25, -0.2) is 8.42 Å². The van der Waals surface area contributed by atoms with Crippen molar-refractivity contribution >= 4 is 47.8 Å². The van der Waals surface area contributed by atoms with Gasteiger partial charge >= 0.3 is 0 Å². The summed E-state index contributed by atoms with van der Waals surface area (Å²) in [6.07, 6.45) is 2.16. The first-order valence-electron chi connectivity index (χ1n) is 7.43. The van der Waals surface area contributed by atoms with E-state index in [9.17, 15) is 13.7 Å². The van der Waals surface area contributed by atoms with Crippen molar-refractivity contribution in [1.29, 1.82) is 5.26 Å². The number of halogens is 2. The molecule has 130 valence electrons. The van der Waals surface area contributed by atoms with E-state index in [4.69, 9.17) is 4.74 Å². The lowest BCUT2D eigenvalue weighted by atomic mass is 10.2. The Morgan fingerprint density at radius 2 is 1.80 bits per heavy atom. The molecule has 0 unspecified atom stereocenters. The predicted molar refractivity (Wildman–Crippen MR) is 105 cm³/mol. The highest BCUT2D eigenvalue weighted by atomic mass is 79.9. The van der Waals surface area contributed by atoms with Crippen molar-refractivity contribution in [3.63, 3.8) is 0 Å². The number of rotatable bonds is 6. The third-order valence-corrected chi connectivity index (χ3v) is 5.95. The Morgan fingerprint density at radius 3 is 2.40 bits per heavy atom. The zero-order valence-electron chi connectivity index (χ0n) is 13.4. The Balaban J connectivity index is 2.52. The van der Waals surface area contributed by atoms with E-state index in [-0.39, 0.29) is 9.80 Å². The van der Waals surface area contributed by atoms with Gasteiger partial charge in [0, 0.05) is 14.5 Å². The zero-order chi connectivity index (χ0) is 18.4. The molecule has 0 spiro atoms. The maximum absolute atomic E-state index is 12.7. The third-order valence-electron chi connectivity index (χ3n) is 3.24. The molecule has 0 aliphatic heterocycles. The first kappa shape index (κ1) is 19.7. The lowest BCUT2D eigenvalue weighted by Gasteiger charge is -2.10. The van der Waals surface area contributed by atoms with Crippen molar-refractivity contribution in [2.24, 2.45) is 0 Å². The number of benzene rings is 2. The summed E-state index contributed by atoms with van der Waals surface area (Å²) in [6, 6.07) is 13.2. The number of hydrogen-bond acceptors (Lipinski definition) is 4. The molecule has 0 heterocycles. The second-order valence-electron chi connectivity index (χ2n) is 5.11. The Kier molecular flexibility index (Phi) is 6.82. The molecule has 0 saturated carbocycles. The fraction of sp³-hybridized carbons (Fsp3) is 0.167. The first-order valence-corrected chi connectivity index (χ1v) is 10.5. The average molecular weight is 485 g/mol. The summed E-state index contributed by atoms with van der Waals surface area (Å²) >= 11 is 6.62. The van der Waals surface area contributed by atoms with E-state index in [1.165, 1.54) is 18.2 Å². The summed E-state index contributed by atoms with van der Waals surface area (Å²) in [6.45, 7) is 2.48. The molecule has 0 fully saturated rings. The molecule has 0 N–H and O–H groups in total. The van der Waals surface area contributed by atoms with Crippen molar-refractivity contribution in [1.82, 2.24) is 0 Å². The van der Waals surface area contributed by atoms with Gasteiger partial charge in [-0.15, -0.1) is 0 Å². The van der Waals surface area contributed by atoms with Gasteiger partial charge in [0.25, 0.3) is 0 Å². The quantitative estimate of drug-likeness (QED) is 0.519. The molecule has 0 saturated heterocycles. The third kappa shape index (κ3) is 4.94. The second-order valence-corrected chi connectivity index (χ2v) is 8.86. The van der Waals surface area contributed by atoms with E-state index in [1.807, 2.05) is 6.92 Å². The van der Waals surface area contributed by atoms with Crippen LogP contribution in [0.2, 0.25) is 0 Å². The van der Waals surface area contributed by atoms with Crippen molar-refractivity contribution < 1.29 is 13.2 Å². The molecule has 0 aliphatic rings. The highest BCUT2D eigenvalue weighted by Gasteiger charge is 2.21. The molecule has 2 aromatic carbocycles. The molecule has 0 amide bonds. The molecule has 2 rings (SSSR count). The van der Waals surface area contributed by atoms with E-state index in [2.05, 4.69) is 31.9 Å². The van der Waals surface area contributed by atoms with Crippen LogP contribution in [0.3, 0.4) is 0 Å². The van der Waals surface area contributed by atoms with E-state index in [0.29, 0.717) is 17.9 Å². The maximum Gasteiger partial charge on any atom is 0.216 e. The number of nitriles is 1. The number of sulfone groups is 1. The van der Waals surface area contributed by atoms with E-state index < -0.39 is 9.84 Å². The lowest BCUT2D eigenvalue weighted by molar-refractivity contribution is 0.317. The van der Waals surface area contributed by atoms with Gasteiger partial charge in [0.05, 0.1) is 11.5 Å². The topological polar surface area (TPSA) is 67.2 Å². The summed E-state index contributed by atoms with van der Waals surface area (Å²) in [4.78, 5) is -0.274. The SMILES string of the molecule is CCCOc1ccc(Br)cc1/C=C(/C#N)S(=O)(=O)c1ccc(Br)cc1. The minimum Gasteiger partial charge on any atom is -0.493 e. The number of nitrogens with zero attached hydrogens (tertiary/aromatic N) is 1. The van der Waals surface area contributed by atoms with E-state index in [1.54, 1.807) is 36.4 Å². The smallest absolute Gasteiger partial charge is 0.216 e. The Morgan fingerprint density at radius 1 is 1.16 bits per heavy atom. The molecule has 2 aromatic rings. The van der Waals surface area contributed by atoms with Crippen molar-refractivity contribution in [2.75, 3.05) is 6.61 Å². The molecule has 0 radical (unpaired) electrons. The summed E-state index contributed by atoms with van der Waals surface area (Å²) in [7, 11) is -3.91. The highest BCUT2D eigenvalue weighted by molar-refractivity contribution is 9.10. The van der Waals surface area contributed by atoms with Gasteiger partial charge in [-0.1, -0.05) is 38.8 Å². The molecule has 4 nitrogen and oxygen atoms in total. The van der Waals surface area contributed by atoms with Gasteiger partial charge in [0.1, 0.15) is 16.7 Å². The van der Waals surface area contributed by atoms with Crippen LogP contribution in [0.25, 0.3) is 6.08 Å². The molecule has 0 bridgehead atoms. The van der Waals surface area contributed by atoms with Crippen LogP contribution in [0.5, 0.6) is 5.75 Å². The minimum atomic E-state index is -3.91. The van der Waals surface area contributed by atoms with Crippen LogP contribution < -0.4 is 4.74 Å². The number of allylic oxidation sites excluding steroid dienone is 1. The van der Waals surface area contributed by atoms with Crippen LogP contribution in [0.4, 0.5) is 0 Å². The van der Waals surface area contributed by atoms with Crippen LogP contribution in [0, 0.1) is 11.3 Å². The number of hydrogen-bond donors (Lipinski definition) is 0. The Hall–Kier alpha value is -1.62. The average Bonchev–Trinajstić information content (AvgIpc) is 2.59. The van der Waals surface area contributed by atoms with Crippen LogP contribution in [-0.2, 0) is 9.84 Å². The Labute approximate surface area is 164 Å². The molecule has 0 atom stereocenters. The van der Waals surface area contributed by atoms with Crippen molar-refractivity contribution in [2.45, 2.75) is 18.2 Å². The number of ether oxygens (including phenoxy) is 1. The fourth-order valence-corrected chi connectivity index (χ4v) is 3.82. The molecule has 25 heavy (non-hydrogen) atoms. The Bertz CT molecular complexity index is 930. The molecule has 7 heteroatoms. The first-order chi connectivity index (χ1) is 11.9. The van der Waals surface area contributed by atoms with E-state index >= 15 is 0 Å². The van der Waals surface area contributed by atoms with Crippen LogP contribution in [-0.4, -0.2) is 15.0 Å². The largest absolute Gasteiger partial charge is 0.493 e. The van der Waals surface area contributed by atoms with Gasteiger partial charge in [-0.3, -0.25) is 0 Å². The molecular formula is C18H15Br2NO3S. The van der Waals surface area contributed by atoms with Crippen molar-refractivity contribution in [3.8, 4) is 11.8 Å². The zero-order valence-corrected chi connectivity index (χ0v) is 17.4. The van der Waals surface area contributed by atoms with E-state index in [0.717, 1.165) is 15.4 Å². The summed E-state index contributed by atoms with van der Waals surface area (Å²) < 4.78 is 32.6. The van der Waals surface area contributed by atoms with Gasteiger partial charge < -0.3 is 4.74 Å². The van der Waals surface area contributed by atoms with Gasteiger partial charge in [-0.2, -0.15) is 5.26 Å². The molecule has 0 aromatic heterocycles. The summed E-state index contributed by atoms with van der Waals surface area (Å²) in [5.74, 6) is 0.531. The summed E-state index contributed by atoms with van der Waals surface area (Å²) in [5.41, 5.74) is 0.528. The van der Waals surface area contributed by atoms with Gasteiger partial charge in [-0.05, 0) is 55.0 Å². The van der Waals surface area contributed by atoms with Crippen LogP contribution in [0.15, 0.2) is 61.2 Å². The minimum absolute atomic E-state index is 0.0644.